The number of methoxy groups -OCH3 is 3. The van der Waals surface area contributed by atoms with Gasteiger partial charge in [0, 0.05) is 31.2 Å². The summed E-state index contributed by atoms with van der Waals surface area (Å²) in [5, 5.41) is 0. The molecule has 1 aromatic rings. The van der Waals surface area contributed by atoms with E-state index in [9.17, 15) is 0 Å². The lowest BCUT2D eigenvalue weighted by molar-refractivity contribution is -0.380. The average molecular weight is 490 g/mol. The molecular formula is C23H39IO3. The largest absolute Gasteiger partial charge is 0.331 e. The number of ether oxygens (including phenoxy) is 3. The van der Waals surface area contributed by atoms with E-state index in [1.54, 1.807) is 21.3 Å². The van der Waals surface area contributed by atoms with Crippen molar-refractivity contribution in [2.24, 2.45) is 5.92 Å². The van der Waals surface area contributed by atoms with Crippen LogP contribution >= 0.6 is 22.6 Å². The van der Waals surface area contributed by atoms with Gasteiger partial charge in [-0.25, -0.2) is 0 Å². The topological polar surface area (TPSA) is 27.7 Å². The van der Waals surface area contributed by atoms with Crippen molar-refractivity contribution in [3.05, 3.63) is 35.4 Å². The van der Waals surface area contributed by atoms with E-state index in [2.05, 4.69) is 60.7 Å². The maximum Gasteiger partial charge on any atom is 0.285 e. The van der Waals surface area contributed by atoms with Gasteiger partial charge in [0.05, 0.1) is 0 Å². The molecule has 0 saturated heterocycles. The molecule has 0 aliphatic carbocycles. The van der Waals surface area contributed by atoms with Gasteiger partial charge in [0.1, 0.15) is 0 Å². The zero-order valence-corrected chi connectivity index (χ0v) is 20.1. The van der Waals surface area contributed by atoms with Crippen LogP contribution in [0.4, 0.5) is 0 Å². The SMILES string of the molecule is CCCCCCCCC(CCc1ccc(C(C)I)cc1)C(OC)(OC)OC. The van der Waals surface area contributed by atoms with Crippen LogP contribution in [-0.4, -0.2) is 27.3 Å². The van der Waals surface area contributed by atoms with Gasteiger partial charge in [0.15, 0.2) is 0 Å². The molecule has 0 heterocycles. The second-order valence-corrected chi connectivity index (χ2v) is 9.23. The third-order valence-electron chi connectivity index (χ3n) is 5.48. The molecule has 0 aliphatic rings. The first kappa shape index (κ1) is 24.9. The molecule has 0 spiro atoms. The predicted octanol–water partition coefficient (Wildman–Crippen LogP) is 7.08. The highest BCUT2D eigenvalue weighted by molar-refractivity contribution is 14.1. The van der Waals surface area contributed by atoms with Gasteiger partial charge in [-0.1, -0.05) is 92.3 Å². The van der Waals surface area contributed by atoms with Gasteiger partial charge < -0.3 is 14.2 Å². The zero-order chi connectivity index (χ0) is 20.1. The Labute approximate surface area is 180 Å². The molecule has 0 fully saturated rings. The Morgan fingerprint density at radius 2 is 1.41 bits per heavy atom. The molecule has 3 nitrogen and oxygen atoms in total. The fourth-order valence-electron chi connectivity index (χ4n) is 3.71. The zero-order valence-electron chi connectivity index (χ0n) is 17.9. The highest BCUT2D eigenvalue weighted by atomic mass is 127. The van der Waals surface area contributed by atoms with Gasteiger partial charge in [0.25, 0.3) is 5.97 Å². The van der Waals surface area contributed by atoms with E-state index in [1.807, 2.05) is 0 Å². The smallest absolute Gasteiger partial charge is 0.285 e. The summed E-state index contributed by atoms with van der Waals surface area (Å²) in [4.78, 5) is 0. The molecule has 0 saturated carbocycles. The molecule has 2 atom stereocenters. The maximum atomic E-state index is 5.69. The number of hydrogen-bond acceptors (Lipinski definition) is 3. The van der Waals surface area contributed by atoms with Crippen LogP contribution in [0.5, 0.6) is 0 Å². The van der Waals surface area contributed by atoms with E-state index in [1.165, 1.54) is 49.7 Å². The first-order valence-electron chi connectivity index (χ1n) is 10.4. The summed E-state index contributed by atoms with van der Waals surface area (Å²) in [6, 6.07) is 8.98. The molecule has 0 radical (unpaired) electrons. The third-order valence-corrected chi connectivity index (χ3v) is 6.20. The molecule has 1 rings (SSSR count). The standard InChI is InChI=1S/C23H39IO3/c1-6-7-8-9-10-11-12-22(23(25-3,26-4)27-5)18-15-20-13-16-21(17-14-20)19(2)24/h13-14,16-17,19,22H,6-12,15,18H2,1-5H3. The minimum absolute atomic E-state index is 0.215. The van der Waals surface area contributed by atoms with Crippen LogP contribution in [0.25, 0.3) is 0 Å². The molecule has 0 N–H and O–H groups in total. The van der Waals surface area contributed by atoms with Gasteiger partial charge in [-0.2, -0.15) is 0 Å². The Morgan fingerprint density at radius 1 is 0.852 bits per heavy atom. The quantitative estimate of drug-likeness (QED) is 0.114. The first-order valence-corrected chi connectivity index (χ1v) is 11.7. The van der Waals surface area contributed by atoms with Gasteiger partial charge in [-0.05, 0) is 37.3 Å². The lowest BCUT2D eigenvalue weighted by Crippen LogP contribution is -2.44. The fourth-order valence-corrected chi connectivity index (χ4v) is 4.12. The van der Waals surface area contributed by atoms with E-state index in [0.29, 0.717) is 3.92 Å². The number of hydrogen-bond donors (Lipinski definition) is 0. The number of halogens is 1. The Balaban J connectivity index is 2.66. The number of unbranched alkanes of at least 4 members (excludes halogenated alkanes) is 5. The van der Waals surface area contributed by atoms with Crippen LogP contribution in [-0.2, 0) is 20.6 Å². The molecule has 0 aliphatic heterocycles. The number of benzene rings is 1. The van der Waals surface area contributed by atoms with E-state index in [-0.39, 0.29) is 5.92 Å². The van der Waals surface area contributed by atoms with Crippen LogP contribution in [0.3, 0.4) is 0 Å². The van der Waals surface area contributed by atoms with Gasteiger partial charge >= 0.3 is 0 Å². The third kappa shape index (κ3) is 8.38. The van der Waals surface area contributed by atoms with E-state index in [0.717, 1.165) is 19.3 Å². The van der Waals surface area contributed by atoms with Crippen molar-refractivity contribution in [3.8, 4) is 0 Å². The second kappa shape index (κ2) is 13.9. The Bertz CT molecular complexity index is 475. The van der Waals surface area contributed by atoms with Crippen LogP contribution in [0, 0.1) is 5.92 Å². The summed E-state index contributed by atoms with van der Waals surface area (Å²) < 4.78 is 17.6. The maximum absolute atomic E-state index is 5.69. The Hall–Kier alpha value is -0.170. The monoisotopic (exact) mass is 490 g/mol. The van der Waals surface area contributed by atoms with E-state index < -0.39 is 5.97 Å². The van der Waals surface area contributed by atoms with Crippen LogP contribution in [0.1, 0.15) is 80.3 Å². The molecule has 156 valence electrons. The van der Waals surface area contributed by atoms with Crippen molar-refractivity contribution in [2.45, 2.75) is 81.5 Å². The highest BCUT2D eigenvalue weighted by Crippen LogP contribution is 2.33. The second-order valence-electron chi connectivity index (χ2n) is 7.37. The van der Waals surface area contributed by atoms with Gasteiger partial charge in [-0.3, -0.25) is 0 Å². The van der Waals surface area contributed by atoms with Crippen molar-refractivity contribution in [1.29, 1.82) is 0 Å². The molecule has 0 amide bonds. The number of rotatable bonds is 15. The molecule has 0 bridgehead atoms. The average Bonchev–Trinajstić information content (AvgIpc) is 2.69. The van der Waals surface area contributed by atoms with Gasteiger partial charge in [0.2, 0.25) is 0 Å². The van der Waals surface area contributed by atoms with Crippen molar-refractivity contribution < 1.29 is 14.2 Å². The summed E-state index contributed by atoms with van der Waals surface area (Å²) in [5.74, 6) is -0.730. The summed E-state index contributed by atoms with van der Waals surface area (Å²) in [6.07, 6.45) is 10.8. The summed E-state index contributed by atoms with van der Waals surface area (Å²) in [5.41, 5.74) is 2.74. The van der Waals surface area contributed by atoms with E-state index >= 15 is 0 Å². The number of aryl methyl sites for hydroxylation is 1. The van der Waals surface area contributed by atoms with Crippen LogP contribution in [0.15, 0.2) is 24.3 Å². The molecule has 2 unspecified atom stereocenters. The van der Waals surface area contributed by atoms with Crippen molar-refractivity contribution in [1.82, 2.24) is 0 Å². The summed E-state index contributed by atoms with van der Waals surface area (Å²) in [6.45, 7) is 4.48. The normalized spacial score (nSPS) is 14.3. The Morgan fingerprint density at radius 3 is 1.93 bits per heavy atom. The molecular weight excluding hydrogens is 451 g/mol. The minimum atomic E-state index is -0.944. The summed E-state index contributed by atoms with van der Waals surface area (Å²) >= 11 is 2.45. The molecule has 4 heteroatoms. The molecule has 0 aromatic heterocycles. The molecule has 27 heavy (non-hydrogen) atoms. The van der Waals surface area contributed by atoms with Crippen LogP contribution in [0.2, 0.25) is 0 Å². The first-order chi connectivity index (χ1) is 13.0. The summed E-state index contributed by atoms with van der Waals surface area (Å²) in [7, 11) is 5.04. The van der Waals surface area contributed by atoms with Crippen molar-refractivity contribution in [2.75, 3.05) is 21.3 Å². The van der Waals surface area contributed by atoms with Crippen LogP contribution < -0.4 is 0 Å². The molecule has 1 aromatic carbocycles. The highest BCUT2D eigenvalue weighted by Gasteiger charge is 2.39. The lowest BCUT2D eigenvalue weighted by atomic mass is 9.91. The number of alkyl halides is 1. The predicted molar refractivity (Wildman–Crippen MR) is 122 cm³/mol. The Kier molecular flexibility index (Phi) is 12.8. The fraction of sp³-hybridized carbons (Fsp3) is 0.739. The van der Waals surface area contributed by atoms with Crippen molar-refractivity contribution >= 4 is 22.6 Å². The minimum Gasteiger partial charge on any atom is -0.331 e. The van der Waals surface area contributed by atoms with Crippen molar-refractivity contribution in [3.63, 3.8) is 0 Å². The lowest BCUT2D eigenvalue weighted by Gasteiger charge is -2.36. The van der Waals surface area contributed by atoms with Gasteiger partial charge in [-0.15, -0.1) is 0 Å². The van der Waals surface area contributed by atoms with E-state index in [4.69, 9.17) is 14.2 Å².